The van der Waals surface area contributed by atoms with Crippen LogP contribution in [0.2, 0.25) is 0 Å². The van der Waals surface area contributed by atoms with Crippen LogP contribution in [0.15, 0.2) is 65.1 Å². The molecular formula is C22H19ClN2O3. The third-order valence-corrected chi connectivity index (χ3v) is 4.46. The SMILES string of the molecule is CCOC(=O)c1ccccc1-c1c2ccc(=[NH2+])cc-2oc2cc(N)ccc12.[Cl-]. The molecule has 1 heterocycles. The molecule has 142 valence electrons. The predicted octanol–water partition coefficient (Wildman–Crippen LogP) is -0.373. The van der Waals surface area contributed by atoms with Gasteiger partial charge in [0.25, 0.3) is 0 Å². The van der Waals surface area contributed by atoms with Gasteiger partial charge in [-0.3, -0.25) is 5.41 Å². The summed E-state index contributed by atoms with van der Waals surface area (Å²) in [6, 6.07) is 18.4. The minimum atomic E-state index is -0.360. The van der Waals surface area contributed by atoms with Crippen molar-refractivity contribution >= 4 is 22.6 Å². The number of carbonyl (C=O) groups is 1. The molecule has 6 heteroatoms. The highest BCUT2D eigenvalue weighted by atomic mass is 35.5. The van der Waals surface area contributed by atoms with Gasteiger partial charge < -0.3 is 27.3 Å². The number of benzene rings is 3. The molecular weight excluding hydrogens is 376 g/mol. The summed E-state index contributed by atoms with van der Waals surface area (Å²) in [5, 5.41) is 7.40. The molecule has 2 aromatic rings. The Kier molecular flexibility index (Phi) is 5.38. The standard InChI is InChI=1S/C22H18N2O3.ClH/c1-2-26-22(25)16-6-4-3-5-15(16)21-17-9-7-13(23)11-19(17)27-20-12-14(24)8-10-18(20)21;/h3-12,23H,2,24H2,1H3;1H. The molecule has 0 unspecified atom stereocenters. The summed E-state index contributed by atoms with van der Waals surface area (Å²) in [6.07, 6.45) is 0. The minimum absolute atomic E-state index is 0. The average molecular weight is 395 g/mol. The Bertz CT molecular complexity index is 1200. The molecule has 0 atom stereocenters. The van der Waals surface area contributed by atoms with Crippen LogP contribution in [0.25, 0.3) is 33.4 Å². The Morgan fingerprint density at radius 2 is 1.86 bits per heavy atom. The van der Waals surface area contributed by atoms with E-state index in [0.717, 1.165) is 22.1 Å². The van der Waals surface area contributed by atoms with Crippen LogP contribution < -0.4 is 28.9 Å². The van der Waals surface area contributed by atoms with E-state index in [4.69, 9.17) is 20.3 Å². The number of fused-ring (bicyclic) bond motifs is 2. The van der Waals surface area contributed by atoms with Crippen molar-refractivity contribution in [3.8, 4) is 22.5 Å². The fourth-order valence-corrected chi connectivity index (χ4v) is 3.30. The molecule has 1 aliphatic heterocycles. The highest BCUT2D eigenvalue weighted by Crippen LogP contribution is 2.41. The lowest BCUT2D eigenvalue weighted by Crippen LogP contribution is -3.00. The first-order valence-electron chi connectivity index (χ1n) is 8.69. The fourth-order valence-electron chi connectivity index (χ4n) is 3.30. The summed E-state index contributed by atoms with van der Waals surface area (Å²) < 4.78 is 11.3. The zero-order valence-electron chi connectivity index (χ0n) is 15.2. The van der Waals surface area contributed by atoms with Crippen molar-refractivity contribution in [1.82, 2.24) is 0 Å². The fraction of sp³-hybridized carbons (Fsp3) is 0.0909. The van der Waals surface area contributed by atoms with Crippen LogP contribution in [0.1, 0.15) is 17.3 Å². The van der Waals surface area contributed by atoms with Crippen molar-refractivity contribution in [3.05, 3.63) is 71.6 Å². The van der Waals surface area contributed by atoms with Gasteiger partial charge in [0, 0.05) is 34.3 Å². The third-order valence-electron chi connectivity index (χ3n) is 4.46. The molecule has 2 aliphatic rings. The van der Waals surface area contributed by atoms with E-state index in [9.17, 15) is 4.79 Å². The van der Waals surface area contributed by atoms with Crippen LogP contribution in [-0.2, 0) is 4.74 Å². The first kappa shape index (κ1) is 19.5. The largest absolute Gasteiger partial charge is 1.00 e. The highest BCUT2D eigenvalue weighted by Gasteiger charge is 2.22. The summed E-state index contributed by atoms with van der Waals surface area (Å²) in [7, 11) is 0. The number of ether oxygens (including phenoxy) is 1. The quantitative estimate of drug-likeness (QED) is 0.282. The lowest BCUT2D eigenvalue weighted by molar-refractivity contribution is -0.172. The highest BCUT2D eigenvalue weighted by molar-refractivity contribution is 6.08. The van der Waals surface area contributed by atoms with Gasteiger partial charge in [-0.2, -0.15) is 0 Å². The topological polar surface area (TPSA) is 91.0 Å². The van der Waals surface area contributed by atoms with Crippen molar-refractivity contribution < 1.29 is 31.8 Å². The number of nitrogens with two attached hydrogens (primary N) is 2. The molecule has 5 nitrogen and oxygen atoms in total. The van der Waals surface area contributed by atoms with E-state index in [0.29, 0.717) is 34.6 Å². The first-order valence-corrected chi connectivity index (χ1v) is 8.69. The molecule has 0 radical (unpaired) electrons. The summed E-state index contributed by atoms with van der Waals surface area (Å²) in [5.41, 5.74) is 10.2. The number of rotatable bonds is 3. The molecule has 0 saturated carbocycles. The minimum Gasteiger partial charge on any atom is -1.00 e. The van der Waals surface area contributed by atoms with E-state index in [1.807, 2.05) is 42.5 Å². The van der Waals surface area contributed by atoms with Gasteiger partial charge in [0.05, 0.1) is 18.2 Å². The van der Waals surface area contributed by atoms with Gasteiger partial charge in [0.15, 0.2) is 5.36 Å². The second kappa shape index (κ2) is 7.74. The summed E-state index contributed by atoms with van der Waals surface area (Å²) >= 11 is 0. The van der Waals surface area contributed by atoms with Crippen molar-refractivity contribution in [1.29, 1.82) is 0 Å². The van der Waals surface area contributed by atoms with E-state index in [1.165, 1.54) is 0 Å². The van der Waals surface area contributed by atoms with Gasteiger partial charge in [-0.05, 0) is 36.8 Å². The molecule has 0 spiro atoms. The van der Waals surface area contributed by atoms with Crippen LogP contribution >= 0.6 is 0 Å². The maximum atomic E-state index is 12.5. The van der Waals surface area contributed by atoms with Gasteiger partial charge in [-0.25, -0.2) is 4.79 Å². The van der Waals surface area contributed by atoms with Gasteiger partial charge >= 0.3 is 5.97 Å². The van der Waals surface area contributed by atoms with Gasteiger partial charge in [0.2, 0.25) is 0 Å². The number of hydrogen-bond acceptors (Lipinski definition) is 4. The van der Waals surface area contributed by atoms with Crippen LogP contribution in [-0.4, -0.2) is 12.6 Å². The average Bonchev–Trinajstić information content (AvgIpc) is 2.66. The van der Waals surface area contributed by atoms with Crippen molar-refractivity contribution in [2.75, 3.05) is 12.3 Å². The second-order valence-corrected chi connectivity index (χ2v) is 6.25. The second-order valence-electron chi connectivity index (χ2n) is 6.25. The van der Waals surface area contributed by atoms with Crippen molar-refractivity contribution in [2.45, 2.75) is 6.92 Å². The van der Waals surface area contributed by atoms with Crippen molar-refractivity contribution in [2.24, 2.45) is 0 Å². The zero-order valence-corrected chi connectivity index (χ0v) is 16.0. The van der Waals surface area contributed by atoms with Crippen LogP contribution in [0.3, 0.4) is 0 Å². The van der Waals surface area contributed by atoms with Crippen LogP contribution in [0.4, 0.5) is 5.69 Å². The molecule has 0 aromatic heterocycles. The maximum Gasteiger partial charge on any atom is 0.338 e. The number of hydrogen-bond donors (Lipinski definition) is 2. The zero-order chi connectivity index (χ0) is 19.0. The number of carbonyl (C=O) groups excluding carboxylic acids is 1. The molecule has 2 aromatic carbocycles. The molecule has 4 N–H and O–H groups in total. The smallest absolute Gasteiger partial charge is 0.338 e. The number of nitrogen functional groups attached to an aromatic ring is 1. The molecule has 0 bridgehead atoms. The Hall–Kier alpha value is -3.31. The lowest BCUT2D eigenvalue weighted by Gasteiger charge is -2.17. The monoisotopic (exact) mass is 394 g/mol. The van der Waals surface area contributed by atoms with E-state index < -0.39 is 0 Å². The molecule has 0 amide bonds. The van der Waals surface area contributed by atoms with E-state index in [2.05, 4.69) is 0 Å². The van der Waals surface area contributed by atoms with Crippen molar-refractivity contribution in [3.63, 3.8) is 0 Å². The Labute approximate surface area is 168 Å². The number of anilines is 1. The van der Waals surface area contributed by atoms with E-state index in [1.54, 1.807) is 25.1 Å². The Morgan fingerprint density at radius 1 is 1.07 bits per heavy atom. The van der Waals surface area contributed by atoms with Crippen LogP contribution in [0, 0.1) is 0 Å². The molecule has 4 rings (SSSR count). The first-order chi connectivity index (χ1) is 13.1. The number of esters is 1. The number of halogens is 1. The molecule has 28 heavy (non-hydrogen) atoms. The summed E-state index contributed by atoms with van der Waals surface area (Å²) in [4.78, 5) is 12.5. The summed E-state index contributed by atoms with van der Waals surface area (Å²) in [6.45, 7) is 2.10. The van der Waals surface area contributed by atoms with Crippen LogP contribution in [0.5, 0.6) is 0 Å². The molecule has 1 aliphatic carbocycles. The molecule has 0 saturated heterocycles. The third kappa shape index (κ3) is 3.32. The maximum absolute atomic E-state index is 12.5. The Balaban J connectivity index is 0.00000225. The summed E-state index contributed by atoms with van der Waals surface area (Å²) in [5.74, 6) is 0.267. The Morgan fingerprint density at radius 3 is 2.64 bits per heavy atom. The molecule has 0 fully saturated rings. The van der Waals surface area contributed by atoms with E-state index in [-0.39, 0.29) is 18.4 Å². The van der Waals surface area contributed by atoms with Gasteiger partial charge in [-0.1, -0.05) is 18.2 Å². The van der Waals surface area contributed by atoms with E-state index >= 15 is 0 Å². The van der Waals surface area contributed by atoms with Gasteiger partial charge in [0.1, 0.15) is 11.3 Å². The predicted molar refractivity (Wildman–Crippen MR) is 104 cm³/mol. The van der Waals surface area contributed by atoms with Gasteiger partial charge in [-0.15, -0.1) is 0 Å². The lowest BCUT2D eigenvalue weighted by atomic mass is 9.90. The normalized spacial score (nSPS) is 10.6.